The van der Waals surface area contributed by atoms with E-state index >= 15 is 0 Å². The predicted molar refractivity (Wildman–Crippen MR) is 206 cm³/mol. The fourth-order valence-electron chi connectivity index (χ4n) is 6.91. The van der Waals surface area contributed by atoms with Gasteiger partial charge in [0.2, 0.25) is 0 Å². The normalized spacial score (nSPS) is 11.2. The Hall–Kier alpha value is -7.23. The van der Waals surface area contributed by atoms with E-state index in [9.17, 15) is 9.65 Å². The molecule has 7 aromatic carbocycles. The van der Waals surface area contributed by atoms with Crippen molar-refractivity contribution in [3.05, 3.63) is 181 Å². The summed E-state index contributed by atoms with van der Waals surface area (Å²) in [5.41, 5.74) is 9.27. The van der Waals surface area contributed by atoms with Gasteiger partial charge in [-0.15, -0.1) is 0 Å². The Kier molecular flexibility index (Phi) is 7.64. The smallest absolute Gasteiger partial charge is 0.166 e. The monoisotopic (exact) mass is 669 g/mol. The minimum Gasteiger partial charge on any atom is -0.308 e. The molecule has 5 nitrogen and oxygen atoms in total. The summed E-state index contributed by atoms with van der Waals surface area (Å²) in [6.45, 7) is 0. The van der Waals surface area contributed by atoms with E-state index < -0.39 is 0 Å². The number of rotatable bonds is 6. The Morgan fingerprint density at radius 3 is 1.77 bits per heavy atom. The largest absolute Gasteiger partial charge is 0.308 e. The molecule has 2 heterocycles. The Balaban J connectivity index is 1.37. The number of halogens is 1. The van der Waals surface area contributed by atoms with Gasteiger partial charge in [-0.1, -0.05) is 127 Å². The Labute approximate surface area is 299 Å². The summed E-state index contributed by atoms with van der Waals surface area (Å²) in [6, 6.07) is 57.2. The van der Waals surface area contributed by atoms with E-state index in [0.717, 1.165) is 66.4 Å². The van der Waals surface area contributed by atoms with Gasteiger partial charge in [0.1, 0.15) is 5.82 Å². The van der Waals surface area contributed by atoms with Crippen molar-refractivity contribution in [3.8, 4) is 68.2 Å². The average Bonchev–Trinajstić information content (AvgIpc) is 3.54. The first kappa shape index (κ1) is 30.8. The highest BCUT2D eigenvalue weighted by molar-refractivity contribution is 6.11. The molecule has 0 unspecified atom stereocenters. The molecule has 0 spiro atoms. The molecule has 0 amide bonds. The maximum atomic E-state index is 14.6. The summed E-state index contributed by atoms with van der Waals surface area (Å²) in [5, 5.41) is 12.1. The van der Waals surface area contributed by atoms with Crippen LogP contribution in [0.1, 0.15) is 5.56 Å². The van der Waals surface area contributed by atoms with Crippen LogP contribution < -0.4 is 0 Å². The van der Waals surface area contributed by atoms with Gasteiger partial charge in [-0.05, 0) is 64.7 Å². The third-order valence-electron chi connectivity index (χ3n) is 9.37. The van der Waals surface area contributed by atoms with Crippen LogP contribution in [-0.2, 0) is 0 Å². The molecule has 9 aromatic rings. The number of nitrogens with zero attached hydrogens (tertiary/aromatic N) is 5. The Morgan fingerprint density at radius 1 is 0.442 bits per heavy atom. The van der Waals surface area contributed by atoms with Crippen molar-refractivity contribution in [2.75, 3.05) is 0 Å². The van der Waals surface area contributed by atoms with Gasteiger partial charge in [-0.3, -0.25) is 0 Å². The number of hydrogen-bond donors (Lipinski definition) is 0. The lowest BCUT2D eigenvalue weighted by molar-refractivity contribution is 0.628. The van der Waals surface area contributed by atoms with Gasteiger partial charge in [0, 0.05) is 27.5 Å². The van der Waals surface area contributed by atoms with Crippen molar-refractivity contribution in [1.29, 1.82) is 5.26 Å². The number of benzene rings is 7. The van der Waals surface area contributed by atoms with Gasteiger partial charge < -0.3 is 4.57 Å². The minimum atomic E-state index is -0.307. The molecule has 0 N–H and O–H groups in total. The van der Waals surface area contributed by atoms with Crippen LogP contribution in [-0.4, -0.2) is 19.5 Å². The van der Waals surface area contributed by atoms with E-state index in [-0.39, 0.29) is 5.82 Å². The van der Waals surface area contributed by atoms with Gasteiger partial charge in [-0.25, -0.2) is 19.3 Å². The second-order valence-electron chi connectivity index (χ2n) is 12.5. The molecule has 52 heavy (non-hydrogen) atoms. The van der Waals surface area contributed by atoms with E-state index in [1.54, 1.807) is 12.1 Å². The van der Waals surface area contributed by atoms with Crippen molar-refractivity contribution < 1.29 is 4.39 Å². The van der Waals surface area contributed by atoms with Crippen molar-refractivity contribution >= 4 is 21.8 Å². The summed E-state index contributed by atoms with van der Waals surface area (Å²) >= 11 is 0. The molecule has 0 saturated carbocycles. The van der Waals surface area contributed by atoms with Crippen LogP contribution >= 0.6 is 0 Å². The minimum absolute atomic E-state index is 0.307. The van der Waals surface area contributed by atoms with E-state index in [1.807, 2.05) is 115 Å². The summed E-state index contributed by atoms with van der Waals surface area (Å²) in [4.78, 5) is 15.1. The van der Waals surface area contributed by atoms with Crippen LogP contribution in [0.3, 0.4) is 0 Å². The lowest BCUT2D eigenvalue weighted by Crippen LogP contribution is -2.04. The molecular formula is C46H28FN5. The maximum Gasteiger partial charge on any atom is 0.166 e. The first-order valence-corrected chi connectivity index (χ1v) is 16.9. The van der Waals surface area contributed by atoms with Crippen molar-refractivity contribution in [1.82, 2.24) is 19.5 Å². The molecule has 6 heteroatoms. The zero-order chi connectivity index (χ0) is 35.0. The summed E-state index contributed by atoms with van der Waals surface area (Å²) < 4.78 is 16.8. The number of hydrogen-bond acceptors (Lipinski definition) is 4. The molecule has 9 rings (SSSR count). The summed E-state index contributed by atoms with van der Waals surface area (Å²) in [7, 11) is 0. The highest BCUT2D eigenvalue weighted by Crippen LogP contribution is 2.40. The molecule has 244 valence electrons. The zero-order valence-corrected chi connectivity index (χ0v) is 27.8. The van der Waals surface area contributed by atoms with Crippen LogP contribution in [0.15, 0.2) is 170 Å². The van der Waals surface area contributed by atoms with E-state index in [4.69, 9.17) is 15.0 Å². The van der Waals surface area contributed by atoms with Gasteiger partial charge in [0.15, 0.2) is 17.5 Å². The third kappa shape index (κ3) is 5.47. The third-order valence-corrected chi connectivity index (χ3v) is 9.37. The predicted octanol–water partition coefficient (Wildman–Crippen LogP) is 11.3. The number of aromatic nitrogens is 4. The standard InChI is InChI=1S/C46H28FN5/c47-36-18-11-17-32(26-36)33-22-25-40(46-50-44(30-12-3-1-4-13-30)49-45(51-46)31-14-5-2-6-15-31)43(27-33)52-41-21-10-9-20-38(41)39-24-23-34(28-42(39)52)37-19-8-7-16-35(37)29-48/h1-28H. The van der Waals surface area contributed by atoms with Crippen LogP contribution in [0.25, 0.3) is 83.9 Å². The van der Waals surface area contributed by atoms with Crippen molar-refractivity contribution in [3.63, 3.8) is 0 Å². The quantitative estimate of drug-likeness (QED) is 0.177. The first-order valence-electron chi connectivity index (χ1n) is 16.9. The highest BCUT2D eigenvalue weighted by atomic mass is 19.1. The second-order valence-corrected chi connectivity index (χ2v) is 12.5. The average molecular weight is 670 g/mol. The lowest BCUT2D eigenvalue weighted by atomic mass is 9.99. The molecule has 0 bridgehead atoms. The number of nitriles is 1. The SMILES string of the molecule is N#Cc1ccccc1-c1ccc2c3ccccc3n(-c3cc(-c4cccc(F)c4)ccc3-c3nc(-c4ccccc4)nc(-c4ccccc4)n3)c2c1. The molecule has 0 aliphatic carbocycles. The summed E-state index contributed by atoms with van der Waals surface area (Å²) in [6.07, 6.45) is 0. The summed E-state index contributed by atoms with van der Waals surface area (Å²) in [5.74, 6) is 1.31. The van der Waals surface area contributed by atoms with Gasteiger partial charge in [0.25, 0.3) is 0 Å². The highest BCUT2D eigenvalue weighted by Gasteiger charge is 2.21. The van der Waals surface area contributed by atoms with Gasteiger partial charge in [0.05, 0.1) is 28.4 Å². The van der Waals surface area contributed by atoms with E-state index in [0.29, 0.717) is 23.0 Å². The molecular weight excluding hydrogens is 642 g/mol. The fraction of sp³-hybridized carbons (Fsp3) is 0. The molecule has 0 atom stereocenters. The van der Waals surface area contributed by atoms with Crippen molar-refractivity contribution in [2.24, 2.45) is 0 Å². The molecule has 2 aromatic heterocycles. The van der Waals surface area contributed by atoms with Crippen LogP contribution in [0.5, 0.6) is 0 Å². The zero-order valence-electron chi connectivity index (χ0n) is 27.8. The van der Waals surface area contributed by atoms with Crippen LogP contribution in [0.4, 0.5) is 4.39 Å². The maximum absolute atomic E-state index is 14.6. The van der Waals surface area contributed by atoms with E-state index in [2.05, 4.69) is 47.0 Å². The molecule has 0 radical (unpaired) electrons. The van der Waals surface area contributed by atoms with Gasteiger partial charge in [-0.2, -0.15) is 5.26 Å². The Morgan fingerprint density at radius 2 is 1.04 bits per heavy atom. The molecule has 0 saturated heterocycles. The first-order chi connectivity index (χ1) is 25.6. The molecule has 0 fully saturated rings. The second kappa shape index (κ2) is 12.9. The number of fused-ring (bicyclic) bond motifs is 3. The van der Waals surface area contributed by atoms with E-state index in [1.165, 1.54) is 6.07 Å². The molecule has 0 aliphatic heterocycles. The van der Waals surface area contributed by atoms with Crippen molar-refractivity contribution in [2.45, 2.75) is 0 Å². The molecule has 0 aliphatic rings. The topological polar surface area (TPSA) is 67.4 Å². The van der Waals surface area contributed by atoms with Crippen LogP contribution in [0.2, 0.25) is 0 Å². The lowest BCUT2D eigenvalue weighted by Gasteiger charge is -2.17. The van der Waals surface area contributed by atoms with Gasteiger partial charge >= 0.3 is 0 Å². The number of para-hydroxylation sites is 1. The fourth-order valence-corrected chi connectivity index (χ4v) is 6.91. The van der Waals surface area contributed by atoms with Crippen LogP contribution in [0, 0.1) is 17.1 Å². The Bertz CT molecular complexity index is 2760.